The van der Waals surface area contributed by atoms with E-state index in [1.807, 2.05) is 13.8 Å². The van der Waals surface area contributed by atoms with Crippen LogP contribution in [0.2, 0.25) is 0 Å². The van der Waals surface area contributed by atoms with E-state index in [9.17, 15) is 0 Å². The lowest BCUT2D eigenvalue weighted by molar-refractivity contribution is 0.249. The van der Waals surface area contributed by atoms with Gasteiger partial charge in [-0.05, 0) is 5.92 Å². The standard InChI is InChI=1S/C7H14N4OS/c1-4(2)5(3-12)9-7-10-6(8)11-13-7/h4-5,12H,3H2,1-2H3,(H3,8,9,10,11)/t5-/m1/s1. The van der Waals surface area contributed by atoms with E-state index < -0.39 is 0 Å². The topological polar surface area (TPSA) is 84.1 Å². The van der Waals surface area contributed by atoms with Crippen LogP contribution < -0.4 is 11.1 Å². The number of aliphatic hydroxyl groups is 1. The average Bonchev–Trinajstić information content (AvgIpc) is 2.46. The van der Waals surface area contributed by atoms with Crippen LogP contribution in [-0.4, -0.2) is 27.1 Å². The van der Waals surface area contributed by atoms with E-state index in [4.69, 9.17) is 10.8 Å². The molecule has 0 amide bonds. The molecule has 0 bridgehead atoms. The molecule has 1 rings (SSSR count). The van der Waals surface area contributed by atoms with E-state index in [2.05, 4.69) is 14.7 Å². The third kappa shape index (κ3) is 2.82. The Bertz CT molecular complexity index is 263. The maximum absolute atomic E-state index is 9.03. The first-order chi connectivity index (χ1) is 6.13. The van der Waals surface area contributed by atoms with Gasteiger partial charge in [0.05, 0.1) is 12.6 Å². The molecule has 0 aromatic carbocycles. The Hall–Kier alpha value is -0.880. The van der Waals surface area contributed by atoms with Crippen LogP contribution in [0.25, 0.3) is 0 Å². The molecule has 0 aliphatic rings. The van der Waals surface area contributed by atoms with Gasteiger partial charge in [0.15, 0.2) is 0 Å². The van der Waals surface area contributed by atoms with Crippen LogP contribution in [0.5, 0.6) is 0 Å². The normalized spacial score (nSPS) is 13.2. The molecule has 0 fully saturated rings. The SMILES string of the molecule is CC(C)[C@@H](CO)Nc1nc(N)ns1. The van der Waals surface area contributed by atoms with Gasteiger partial charge in [0.25, 0.3) is 0 Å². The summed E-state index contributed by atoms with van der Waals surface area (Å²) in [6.07, 6.45) is 0. The summed E-state index contributed by atoms with van der Waals surface area (Å²) in [4.78, 5) is 3.94. The quantitative estimate of drug-likeness (QED) is 0.664. The fourth-order valence-electron chi connectivity index (χ4n) is 0.875. The van der Waals surface area contributed by atoms with Gasteiger partial charge in [-0.2, -0.15) is 9.36 Å². The number of aliphatic hydroxyl groups excluding tert-OH is 1. The van der Waals surface area contributed by atoms with Gasteiger partial charge in [0, 0.05) is 11.5 Å². The minimum atomic E-state index is 0.00681. The summed E-state index contributed by atoms with van der Waals surface area (Å²) in [5.74, 6) is 0.614. The Morgan fingerprint density at radius 1 is 1.62 bits per heavy atom. The summed E-state index contributed by atoms with van der Waals surface area (Å²) in [5.41, 5.74) is 5.36. The number of nitrogens with zero attached hydrogens (tertiary/aromatic N) is 2. The molecule has 5 nitrogen and oxygen atoms in total. The van der Waals surface area contributed by atoms with Gasteiger partial charge in [0.2, 0.25) is 11.1 Å². The predicted molar refractivity (Wildman–Crippen MR) is 53.7 cm³/mol. The van der Waals surface area contributed by atoms with Crippen molar-refractivity contribution in [2.45, 2.75) is 19.9 Å². The van der Waals surface area contributed by atoms with Crippen LogP contribution in [0.4, 0.5) is 11.1 Å². The average molecular weight is 202 g/mol. The lowest BCUT2D eigenvalue weighted by atomic mass is 10.1. The Morgan fingerprint density at radius 2 is 2.31 bits per heavy atom. The molecule has 1 aromatic rings. The number of nitrogen functional groups attached to an aromatic ring is 1. The highest BCUT2D eigenvalue weighted by molar-refractivity contribution is 7.09. The van der Waals surface area contributed by atoms with E-state index in [1.54, 1.807) is 0 Å². The van der Waals surface area contributed by atoms with Gasteiger partial charge in [-0.1, -0.05) is 13.8 Å². The van der Waals surface area contributed by atoms with Crippen LogP contribution in [0.1, 0.15) is 13.8 Å². The van der Waals surface area contributed by atoms with Crippen molar-refractivity contribution >= 4 is 22.6 Å². The molecule has 13 heavy (non-hydrogen) atoms. The van der Waals surface area contributed by atoms with Crippen LogP contribution >= 0.6 is 11.5 Å². The zero-order valence-electron chi connectivity index (χ0n) is 7.69. The van der Waals surface area contributed by atoms with E-state index >= 15 is 0 Å². The van der Waals surface area contributed by atoms with E-state index in [0.29, 0.717) is 11.0 Å². The molecule has 0 aliphatic heterocycles. The van der Waals surface area contributed by atoms with E-state index in [-0.39, 0.29) is 18.6 Å². The number of anilines is 2. The minimum absolute atomic E-state index is 0.00681. The van der Waals surface area contributed by atoms with Crippen LogP contribution in [0.3, 0.4) is 0 Å². The molecule has 0 saturated carbocycles. The first-order valence-corrected chi connectivity index (χ1v) is 4.87. The maximum Gasteiger partial charge on any atom is 0.233 e. The van der Waals surface area contributed by atoms with Crippen molar-refractivity contribution in [3.8, 4) is 0 Å². The molecule has 74 valence electrons. The number of nitrogens with two attached hydrogens (primary N) is 1. The van der Waals surface area contributed by atoms with Gasteiger partial charge >= 0.3 is 0 Å². The predicted octanol–water partition coefficient (Wildman–Crippen LogP) is 0.549. The summed E-state index contributed by atoms with van der Waals surface area (Å²) >= 11 is 1.20. The Kier molecular flexibility index (Phi) is 3.44. The molecule has 0 radical (unpaired) electrons. The van der Waals surface area contributed by atoms with Crippen molar-refractivity contribution in [3.63, 3.8) is 0 Å². The van der Waals surface area contributed by atoms with Crippen molar-refractivity contribution in [3.05, 3.63) is 0 Å². The molecule has 0 unspecified atom stereocenters. The zero-order chi connectivity index (χ0) is 9.84. The molecule has 1 atom stereocenters. The van der Waals surface area contributed by atoms with Crippen LogP contribution in [0, 0.1) is 5.92 Å². The lowest BCUT2D eigenvalue weighted by Crippen LogP contribution is -2.29. The second-order valence-corrected chi connectivity index (χ2v) is 3.89. The third-order valence-corrected chi connectivity index (χ3v) is 2.41. The number of hydrogen-bond donors (Lipinski definition) is 3. The molecular formula is C7H14N4OS. The van der Waals surface area contributed by atoms with Crippen molar-refractivity contribution in [2.24, 2.45) is 5.92 Å². The molecule has 6 heteroatoms. The van der Waals surface area contributed by atoms with Crippen molar-refractivity contribution in [1.82, 2.24) is 9.36 Å². The van der Waals surface area contributed by atoms with Gasteiger partial charge < -0.3 is 16.2 Å². The van der Waals surface area contributed by atoms with Crippen molar-refractivity contribution in [2.75, 3.05) is 17.7 Å². The first kappa shape index (κ1) is 10.2. The lowest BCUT2D eigenvalue weighted by Gasteiger charge is -2.18. The monoisotopic (exact) mass is 202 g/mol. The van der Waals surface area contributed by atoms with Crippen LogP contribution in [-0.2, 0) is 0 Å². The first-order valence-electron chi connectivity index (χ1n) is 4.10. The Morgan fingerprint density at radius 3 is 2.69 bits per heavy atom. The summed E-state index contributed by atoms with van der Waals surface area (Å²) in [7, 11) is 0. The second-order valence-electron chi connectivity index (χ2n) is 3.14. The third-order valence-electron chi connectivity index (χ3n) is 1.75. The fourth-order valence-corrected chi connectivity index (χ4v) is 1.43. The number of hydrogen-bond acceptors (Lipinski definition) is 6. The molecule has 0 spiro atoms. The number of aromatic nitrogens is 2. The van der Waals surface area contributed by atoms with Crippen LogP contribution in [0.15, 0.2) is 0 Å². The van der Waals surface area contributed by atoms with E-state index in [1.165, 1.54) is 11.5 Å². The van der Waals surface area contributed by atoms with Gasteiger partial charge in [-0.25, -0.2) is 0 Å². The highest BCUT2D eigenvalue weighted by Crippen LogP contribution is 2.15. The summed E-state index contributed by atoms with van der Waals surface area (Å²) < 4.78 is 3.83. The number of rotatable bonds is 4. The van der Waals surface area contributed by atoms with Crippen molar-refractivity contribution < 1.29 is 5.11 Å². The Labute approximate surface area is 81.2 Å². The Balaban J connectivity index is 2.56. The van der Waals surface area contributed by atoms with Crippen molar-refractivity contribution in [1.29, 1.82) is 0 Å². The molecule has 1 aromatic heterocycles. The molecule has 1 heterocycles. The fraction of sp³-hybridized carbons (Fsp3) is 0.714. The van der Waals surface area contributed by atoms with Gasteiger partial charge in [-0.15, -0.1) is 0 Å². The summed E-state index contributed by atoms with van der Waals surface area (Å²) in [5, 5.41) is 12.7. The minimum Gasteiger partial charge on any atom is -0.394 e. The van der Waals surface area contributed by atoms with Gasteiger partial charge in [0.1, 0.15) is 0 Å². The number of nitrogens with one attached hydrogen (secondary N) is 1. The molecule has 0 saturated heterocycles. The second kappa shape index (κ2) is 4.38. The smallest absolute Gasteiger partial charge is 0.233 e. The largest absolute Gasteiger partial charge is 0.394 e. The zero-order valence-corrected chi connectivity index (χ0v) is 8.51. The summed E-state index contributed by atoms with van der Waals surface area (Å²) in [6, 6.07) is 0.00681. The maximum atomic E-state index is 9.03. The van der Waals surface area contributed by atoms with Gasteiger partial charge in [-0.3, -0.25) is 0 Å². The molecular weight excluding hydrogens is 188 g/mol. The van der Waals surface area contributed by atoms with E-state index in [0.717, 1.165) is 0 Å². The summed E-state index contributed by atoms with van der Waals surface area (Å²) in [6.45, 7) is 4.13. The highest BCUT2D eigenvalue weighted by Gasteiger charge is 2.13. The molecule has 4 N–H and O–H groups in total. The highest BCUT2D eigenvalue weighted by atomic mass is 32.1. The molecule has 0 aliphatic carbocycles.